The van der Waals surface area contributed by atoms with Gasteiger partial charge in [0.1, 0.15) is 0 Å². The number of ether oxygens (including phenoxy) is 1. The van der Waals surface area contributed by atoms with Crippen LogP contribution in [0, 0.1) is 17.3 Å². The van der Waals surface area contributed by atoms with E-state index in [0.717, 1.165) is 12.8 Å². The maximum atomic E-state index is 11.2. The molecule has 0 aromatic rings. The number of aliphatic hydroxyl groups excluding tert-OH is 1. The Balaban J connectivity index is 2.74. The summed E-state index contributed by atoms with van der Waals surface area (Å²) in [5.74, 6) is 0.0777. The fourth-order valence-electron chi connectivity index (χ4n) is 2.39. The Morgan fingerprint density at radius 1 is 1.50 bits per heavy atom. The highest BCUT2D eigenvalue weighted by Gasteiger charge is 2.46. The van der Waals surface area contributed by atoms with E-state index in [1.807, 2.05) is 0 Å². The second-order valence-corrected chi connectivity index (χ2v) is 4.87. The molecule has 1 fully saturated rings. The van der Waals surface area contributed by atoms with Gasteiger partial charge in [0, 0.05) is 5.92 Å². The van der Waals surface area contributed by atoms with Crippen molar-refractivity contribution >= 4 is 5.97 Å². The van der Waals surface area contributed by atoms with Gasteiger partial charge in [-0.2, -0.15) is 0 Å². The lowest BCUT2D eigenvalue weighted by molar-refractivity contribution is -0.155. The third kappa shape index (κ3) is 1.78. The number of hydrogen-bond acceptors (Lipinski definition) is 3. The van der Waals surface area contributed by atoms with E-state index in [1.165, 1.54) is 7.11 Å². The highest BCUT2D eigenvalue weighted by atomic mass is 16.5. The van der Waals surface area contributed by atoms with Crippen LogP contribution in [0.15, 0.2) is 0 Å². The average Bonchev–Trinajstić information content (AvgIpc) is 2.40. The molecule has 0 aromatic heterocycles. The zero-order valence-corrected chi connectivity index (χ0v) is 9.41. The van der Waals surface area contributed by atoms with Gasteiger partial charge < -0.3 is 9.84 Å². The highest BCUT2D eigenvalue weighted by molar-refractivity contribution is 5.74. The van der Waals surface area contributed by atoms with Gasteiger partial charge in [-0.25, -0.2) is 4.79 Å². The standard InChI is InChI=1S/C11H20O3/c1-7-5-6-8(11(7,2)3)9(12)10(13)14-4/h7-9,12H,5-6H2,1-4H3/t7-,8-,9-/m1/s1. The molecule has 0 aromatic carbocycles. The summed E-state index contributed by atoms with van der Waals surface area (Å²) < 4.78 is 4.56. The van der Waals surface area contributed by atoms with Crippen LogP contribution < -0.4 is 0 Å². The van der Waals surface area contributed by atoms with E-state index in [-0.39, 0.29) is 11.3 Å². The average molecular weight is 200 g/mol. The number of carbonyl (C=O) groups excluding carboxylic acids is 1. The second-order valence-electron chi connectivity index (χ2n) is 4.87. The molecule has 1 aliphatic carbocycles. The van der Waals surface area contributed by atoms with Gasteiger partial charge in [-0.05, 0) is 24.2 Å². The van der Waals surface area contributed by atoms with Crippen LogP contribution in [0.1, 0.15) is 33.6 Å². The van der Waals surface area contributed by atoms with Gasteiger partial charge in [0.2, 0.25) is 0 Å². The van der Waals surface area contributed by atoms with E-state index in [9.17, 15) is 9.90 Å². The summed E-state index contributed by atoms with van der Waals surface area (Å²) in [6, 6.07) is 0. The van der Waals surface area contributed by atoms with Crippen LogP contribution in [0.3, 0.4) is 0 Å². The normalized spacial score (nSPS) is 32.6. The smallest absolute Gasteiger partial charge is 0.334 e. The molecule has 3 atom stereocenters. The van der Waals surface area contributed by atoms with E-state index < -0.39 is 12.1 Å². The molecular weight excluding hydrogens is 180 g/mol. The minimum atomic E-state index is -0.958. The number of carbonyl (C=O) groups is 1. The fourth-order valence-corrected chi connectivity index (χ4v) is 2.39. The Labute approximate surface area is 85.5 Å². The van der Waals surface area contributed by atoms with Crippen molar-refractivity contribution < 1.29 is 14.6 Å². The summed E-state index contributed by atoms with van der Waals surface area (Å²) in [6.07, 6.45) is 1.02. The SMILES string of the molecule is COC(=O)[C@H](O)[C@H]1CC[C@@H](C)C1(C)C. The minimum absolute atomic E-state index is 0.0214. The molecular formula is C11H20O3. The van der Waals surface area contributed by atoms with Crippen LogP contribution in [0.2, 0.25) is 0 Å². The van der Waals surface area contributed by atoms with Gasteiger partial charge in [-0.3, -0.25) is 0 Å². The van der Waals surface area contributed by atoms with Crippen molar-refractivity contribution in [1.29, 1.82) is 0 Å². The topological polar surface area (TPSA) is 46.5 Å². The number of esters is 1. The lowest BCUT2D eigenvalue weighted by atomic mass is 9.74. The predicted molar refractivity (Wildman–Crippen MR) is 53.7 cm³/mol. The van der Waals surface area contributed by atoms with Crippen molar-refractivity contribution in [3.8, 4) is 0 Å². The molecule has 1 rings (SSSR count). The zero-order chi connectivity index (χ0) is 10.9. The number of hydrogen-bond donors (Lipinski definition) is 1. The third-order valence-corrected chi connectivity index (χ3v) is 3.96. The van der Waals surface area contributed by atoms with Crippen molar-refractivity contribution in [2.45, 2.75) is 39.7 Å². The third-order valence-electron chi connectivity index (χ3n) is 3.96. The maximum Gasteiger partial charge on any atom is 0.334 e. The van der Waals surface area contributed by atoms with Crippen molar-refractivity contribution in [3.05, 3.63) is 0 Å². The van der Waals surface area contributed by atoms with E-state index >= 15 is 0 Å². The van der Waals surface area contributed by atoms with E-state index in [1.54, 1.807) is 0 Å². The van der Waals surface area contributed by atoms with Crippen LogP contribution in [0.5, 0.6) is 0 Å². The molecule has 14 heavy (non-hydrogen) atoms. The lowest BCUT2D eigenvalue weighted by Gasteiger charge is -2.33. The van der Waals surface area contributed by atoms with Crippen LogP contribution in [0.4, 0.5) is 0 Å². The highest BCUT2D eigenvalue weighted by Crippen LogP contribution is 2.48. The summed E-state index contributed by atoms with van der Waals surface area (Å²) in [5.41, 5.74) is 0.0214. The molecule has 0 bridgehead atoms. The van der Waals surface area contributed by atoms with E-state index in [0.29, 0.717) is 5.92 Å². The molecule has 3 nitrogen and oxygen atoms in total. The largest absolute Gasteiger partial charge is 0.467 e. The Morgan fingerprint density at radius 3 is 2.43 bits per heavy atom. The molecule has 0 aliphatic heterocycles. The molecule has 3 heteroatoms. The van der Waals surface area contributed by atoms with Crippen LogP contribution in [-0.2, 0) is 9.53 Å². The predicted octanol–water partition coefficient (Wildman–Crippen LogP) is 1.59. The first-order valence-electron chi connectivity index (χ1n) is 5.17. The number of aliphatic hydroxyl groups is 1. The van der Waals surface area contributed by atoms with Crippen LogP contribution >= 0.6 is 0 Å². The van der Waals surface area contributed by atoms with Gasteiger partial charge >= 0.3 is 5.97 Å². The van der Waals surface area contributed by atoms with Crippen LogP contribution in [-0.4, -0.2) is 24.3 Å². The van der Waals surface area contributed by atoms with Crippen LogP contribution in [0.25, 0.3) is 0 Å². The molecule has 0 amide bonds. The summed E-state index contributed by atoms with van der Waals surface area (Å²) in [6.45, 7) is 6.40. The van der Waals surface area contributed by atoms with Crippen molar-refractivity contribution in [3.63, 3.8) is 0 Å². The molecule has 1 N–H and O–H groups in total. The Hall–Kier alpha value is -0.570. The van der Waals surface area contributed by atoms with Gasteiger partial charge in [-0.15, -0.1) is 0 Å². The van der Waals surface area contributed by atoms with Gasteiger partial charge in [0.15, 0.2) is 6.10 Å². The molecule has 1 saturated carbocycles. The maximum absolute atomic E-state index is 11.2. The first kappa shape index (κ1) is 11.5. The summed E-state index contributed by atoms with van der Waals surface area (Å²) in [7, 11) is 1.32. The first-order chi connectivity index (χ1) is 6.41. The summed E-state index contributed by atoms with van der Waals surface area (Å²) in [5, 5.41) is 9.80. The molecule has 0 heterocycles. The molecule has 0 saturated heterocycles. The number of methoxy groups -OCH3 is 1. The quantitative estimate of drug-likeness (QED) is 0.689. The summed E-state index contributed by atoms with van der Waals surface area (Å²) in [4.78, 5) is 11.2. The van der Waals surface area contributed by atoms with Crippen molar-refractivity contribution in [2.75, 3.05) is 7.11 Å². The van der Waals surface area contributed by atoms with Crippen molar-refractivity contribution in [1.82, 2.24) is 0 Å². The fraction of sp³-hybridized carbons (Fsp3) is 0.909. The van der Waals surface area contributed by atoms with Gasteiger partial charge in [0.05, 0.1) is 7.11 Å². The van der Waals surface area contributed by atoms with Gasteiger partial charge in [0.25, 0.3) is 0 Å². The Bertz CT molecular complexity index is 223. The molecule has 0 radical (unpaired) electrons. The van der Waals surface area contributed by atoms with Gasteiger partial charge in [-0.1, -0.05) is 20.8 Å². The van der Waals surface area contributed by atoms with E-state index in [4.69, 9.17) is 0 Å². The lowest BCUT2D eigenvalue weighted by Crippen LogP contribution is -2.38. The van der Waals surface area contributed by atoms with Crippen molar-refractivity contribution in [2.24, 2.45) is 17.3 Å². The first-order valence-corrected chi connectivity index (χ1v) is 5.17. The second kappa shape index (κ2) is 3.89. The van der Waals surface area contributed by atoms with E-state index in [2.05, 4.69) is 25.5 Å². The Kier molecular flexibility index (Phi) is 3.20. The molecule has 1 aliphatic rings. The monoisotopic (exact) mass is 200 g/mol. The molecule has 0 spiro atoms. The summed E-state index contributed by atoms with van der Waals surface area (Å²) >= 11 is 0. The Morgan fingerprint density at radius 2 is 2.07 bits per heavy atom. The molecule has 0 unspecified atom stereocenters. The zero-order valence-electron chi connectivity index (χ0n) is 9.41. The number of rotatable bonds is 2. The molecule has 82 valence electrons. The minimum Gasteiger partial charge on any atom is -0.467 e.